The Bertz CT molecular complexity index is 759. The first-order chi connectivity index (χ1) is 12.9. The molecule has 0 aliphatic heterocycles. The number of amides is 1. The van der Waals surface area contributed by atoms with Crippen LogP contribution in [0.25, 0.3) is 0 Å². The summed E-state index contributed by atoms with van der Waals surface area (Å²) in [7, 11) is -1.87. The van der Waals surface area contributed by atoms with E-state index in [0.717, 1.165) is 36.8 Å². The number of carbonyl (C=O) groups excluding carboxylic acids is 1. The fourth-order valence-corrected chi connectivity index (χ4v) is 3.93. The largest absolute Gasteiger partial charge is 0.497 e. The van der Waals surface area contributed by atoms with E-state index in [-0.39, 0.29) is 19.0 Å². The molecule has 7 heteroatoms. The number of benzene rings is 1. The van der Waals surface area contributed by atoms with Gasteiger partial charge in [0, 0.05) is 13.1 Å². The summed E-state index contributed by atoms with van der Waals surface area (Å²) in [6.07, 6.45) is 9.43. The molecule has 0 unspecified atom stereocenters. The van der Waals surface area contributed by atoms with Gasteiger partial charge in [0.15, 0.2) is 0 Å². The van der Waals surface area contributed by atoms with Crippen LogP contribution in [0.3, 0.4) is 0 Å². The second kappa shape index (κ2) is 10.5. The van der Waals surface area contributed by atoms with Crippen LogP contribution < -0.4 is 10.1 Å². The smallest absolute Gasteiger partial charge is 0.235 e. The molecule has 1 amide bonds. The fourth-order valence-electron chi connectivity index (χ4n) is 3.15. The van der Waals surface area contributed by atoms with Crippen LogP contribution >= 0.6 is 0 Å². The first-order valence-electron chi connectivity index (χ1n) is 9.41. The van der Waals surface area contributed by atoms with Crippen molar-refractivity contribution in [2.75, 3.05) is 33.0 Å². The number of allylic oxidation sites excluding steroid dienone is 1. The van der Waals surface area contributed by atoms with Gasteiger partial charge in [0.25, 0.3) is 0 Å². The highest BCUT2D eigenvalue weighted by atomic mass is 32.2. The Morgan fingerprint density at radius 3 is 2.74 bits per heavy atom. The van der Waals surface area contributed by atoms with Crippen molar-refractivity contribution >= 4 is 15.9 Å². The summed E-state index contributed by atoms with van der Waals surface area (Å²) < 4.78 is 30.5. The molecule has 1 aromatic carbocycles. The molecule has 0 atom stereocenters. The van der Waals surface area contributed by atoms with E-state index in [4.69, 9.17) is 4.74 Å². The van der Waals surface area contributed by atoms with Crippen molar-refractivity contribution in [3.8, 4) is 5.75 Å². The van der Waals surface area contributed by atoms with Gasteiger partial charge >= 0.3 is 0 Å². The Hall–Kier alpha value is -1.86. The Morgan fingerprint density at radius 2 is 2.07 bits per heavy atom. The van der Waals surface area contributed by atoms with Gasteiger partial charge in [-0.1, -0.05) is 23.8 Å². The number of methoxy groups -OCH3 is 1. The van der Waals surface area contributed by atoms with Gasteiger partial charge in [-0.25, -0.2) is 8.42 Å². The molecule has 1 aromatic rings. The molecule has 0 fully saturated rings. The zero-order chi connectivity index (χ0) is 19.7. The minimum Gasteiger partial charge on any atom is -0.497 e. The van der Waals surface area contributed by atoms with Gasteiger partial charge in [0.2, 0.25) is 15.9 Å². The summed E-state index contributed by atoms with van der Waals surface area (Å²) in [5, 5.41) is 2.84. The molecule has 1 N–H and O–H groups in total. The highest BCUT2D eigenvalue weighted by Crippen LogP contribution is 2.19. The lowest BCUT2D eigenvalue weighted by Gasteiger charge is -2.20. The molecule has 0 bridgehead atoms. The van der Waals surface area contributed by atoms with Gasteiger partial charge in [-0.2, -0.15) is 4.31 Å². The van der Waals surface area contributed by atoms with Crippen LogP contribution in [-0.4, -0.2) is 51.6 Å². The Kier molecular flexibility index (Phi) is 8.31. The third kappa shape index (κ3) is 7.72. The predicted molar refractivity (Wildman–Crippen MR) is 107 cm³/mol. The second-order valence-corrected chi connectivity index (χ2v) is 8.89. The molecule has 0 aromatic heterocycles. The van der Waals surface area contributed by atoms with Crippen LogP contribution in [0, 0.1) is 0 Å². The maximum atomic E-state index is 12.2. The highest BCUT2D eigenvalue weighted by molar-refractivity contribution is 7.88. The molecule has 6 nitrogen and oxygen atoms in total. The average Bonchev–Trinajstić information content (AvgIpc) is 2.65. The van der Waals surface area contributed by atoms with Crippen molar-refractivity contribution in [1.82, 2.24) is 9.62 Å². The lowest BCUT2D eigenvalue weighted by atomic mass is 9.97. The van der Waals surface area contributed by atoms with E-state index in [9.17, 15) is 13.2 Å². The molecule has 2 rings (SSSR count). The Morgan fingerprint density at radius 1 is 1.26 bits per heavy atom. The van der Waals surface area contributed by atoms with Crippen LogP contribution in [0.5, 0.6) is 5.75 Å². The molecule has 0 saturated heterocycles. The first-order valence-corrected chi connectivity index (χ1v) is 11.3. The van der Waals surface area contributed by atoms with Gasteiger partial charge in [-0.15, -0.1) is 0 Å². The zero-order valence-corrected chi connectivity index (χ0v) is 17.1. The number of sulfonamides is 1. The van der Waals surface area contributed by atoms with E-state index in [1.807, 2.05) is 24.3 Å². The van der Waals surface area contributed by atoms with Gasteiger partial charge in [-0.05, 0) is 56.2 Å². The van der Waals surface area contributed by atoms with Crippen LogP contribution in [0.1, 0.15) is 37.7 Å². The van der Waals surface area contributed by atoms with E-state index in [2.05, 4.69) is 11.4 Å². The number of hydrogen-bond donors (Lipinski definition) is 1. The molecule has 0 heterocycles. The van der Waals surface area contributed by atoms with Crippen molar-refractivity contribution in [3.05, 3.63) is 41.5 Å². The molecule has 150 valence electrons. The van der Waals surface area contributed by atoms with Crippen LogP contribution in [0.2, 0.25) is 0 Å². The number of ether oxygens (including phenoxy) is 1. The van der Waals surface area contributed by atoms with E-state index in [0.29, 0.717) is 13.0 Å². The monoisotopic (exact) mass is 394 g/mol. The molecule has 0 spiro atoms. The number of nitrogens with zero attached hydrogens (tertiary/aromatic N) is 1. The number of hydrogen-bond acceptors (Lipinski definition) is 4. The standard InChI is InChI=1S/C20H30N2O4S/c1-26-19-10-6-9-18(15-19)12-14-22(27(2,24)25)16-20(23)21-13-11-17-7-4-3-5-8-17/h6-7,9-10,15H,3-5,8,11-14,16H2,1-2H3,(H,21,23). The third-order valence-corrected chi connectivity index (χ3v) is 5.98. The zero-order valence-electron chi connectivity index (χ0n) is 16.2. The topological polar surface area (TPSA) is 75.7 Å². The van der Waals surface area contributed by atoms with Crippen LogP contribution in [0.4, 0.5) is 0 Å². The fraction of sp³-hybridized carbons (Fsp3) is 0.550. The Balaban J connectivity index is 1.84. The summed E-state index contributed by atoms with van der Waals surface area (Å²) in [5.74, 6) is 0.468. The molecular weight excluding hydrogens is 364 g/mol. The normalized spacial score (nSPS) is 14.7. The second-order valence-electron chi connectivity index (χ2n) is 6.91. The maximum Gasteiger partial charge on any atom is 0.235 e. The number of nitrogens with one attached hydrogen (secondary N) is 1. The minimum absolute atomic E-state index is 0.151. The predicted octanol–water partition coefficient (Wildman–Crippen LogP) is 2.51. The summed E-state index contributed by atoms with van der Waals surface area (Å²) in [6, 6.07) is 7.50. The SMILES string of the molecule is COc1cccc(CCN(CC(=O)NCCC2=CCCCC2)S(C)(=O)=O)c1. The van der Waals surface area contributed by atoms with E-state index in [1.165, 1.54) is 22.7 Å². The van der Waals surface area contributed by atoms with E-state index in [1.54, 1.807) is 7.11 Å². The Labute approximate surface area is 162 Å². The molecule has 1 aliphatic carbocycles. The molecule has 27 heavy (non-hydrogen) atoms. The highest BCUT2D eigenvalue weighted by Gasteiger charge is 2.20. The van der Waals surface area contributed by atoms with Gasteiger partial charge in [0.1, 0.15) is 5.75 Å². The summed E-state index contributed by atoms with van der Waals surface area (Å²) in [6.45, 7) is 0.657. The van der Waals surface area contributed by atoms with Crippen molar-refractivity contribution in [2.45, 2.75) is 38.5 Å². The summed E-state index contributed by atoms with van der Waals surface area (Å²) >= 11 is 0. The van der Waals surface area contributed by atoms with Crippen molar-refractivity contribution in [3.63, 3.8) is 0 Å². The van der Waals surface area contributed by atoms with Gasteiger partial charge in [-0.3, -0.25) is 4.79 Å². The van der Waals surface area contributed by atoms with E-state index < -0.39 is 10.0 Å². The molecular formula is C20H30N2O4S. The average molecular weight is 395 g/mol. The third-order valence-electron chi connectivity index (χ3n) is 4.73. The van der Waals surface area contributed by atoms with Crippen molar-refractivity contribution < 1.29 is 17.9 Å². The van der Waals surface area contributed by atoms with Gasteiger partial charge < -0.3 is 10.1 Å². The molecule has 0 radical (unpaired) electrons. The first kappa shape index (κ1) is 21.4. The van der Waals surface area contributed by atoms with Gasteiger partial charge in [0.05, 0.1) is 19.9 Å². The van der Waals surface area contributed by atoms with Crippen LogP contribution in [-0.2, 0) is 21.2 Å². The lowest BCUT2D eigenvalue weighted by Crippen LogP contribution is -2.41. The molecule has 1 aliphatic rings. The van der Waals surface area contributed by atoms with Crippen molar-refractivity contribution in [1.29, 1.82) is 0 Å². The minimum atomic E-state index is -3.46. The van der Waals surface area contributed by atoms with E-state index >= 15 is 0 Å². The van der Waals surface area contributed by atoms with Crippen LogP contribution in [0.15, 0.2) is 35.9 Å². The number of rotatable bonds is 10. The number of carbonyl (C=O) groups is 1. The quantitative estimate of drug-likeness (QED) is 0.619. The summed E-state index contributed by atoms with van der Waals surface area (Å²) in [5.41, 5.74) is 2.35. The van der Waals surface area contributed by atoms with Crippen molar-refractivity contribution in [2.24, 2.45) is 0 Å². The maximum absolute atomic E-state index is 12.2. The lowest BCUT2D eigenvalue weighted by molar-refractivity contribution is -0.121. The molecule has 0 saturated carbocycles. The summed E-state index contributed by atoms with van der Waals surface area (Å²) in [4.78, 5) is 12.2.